The number of amides is 4. The molecule has 4 amide bonds. The average Bonchev–Trinajstić information content (AvgIpc) is 2.56. The first-order valence-corrected chi connectivity index (χ1v) is 8.47. The first-order valence-electron chi connectivity index (χ1n) is 7.30. The molecule has 5 nitrogen and oxygen atoms in total. The maximum Gasteiger partial charge on any atom is 0.335 e. The molecule has 1 saturated heterocycles. The Bertz CT molecular complexity index is 940. The number of barbiturate groups is 1. The molecule has 25 heavy (non-hydrogen) atoms. The number of hydrogen-bond donors (Lipinski definition) is 1. The van der Waals surface area contributed by atoms with Crippen molar-refractivity contribution in [2.24, 2.45) is 0 Å². The summed E-state index contributed by atoms with van der Waals surface area (Å²) in [5, 5.41) is 2.59. The molecule has 0 saturated carbocycles. The van der Waals surface area contributed by atoms with E-state index in [1.54, 1.807) is 42.5 Å². The van der Waals surface area contributed by atoms with E-state index in [9.17, 15) is 14.4 Å². The van der Waals surface area contributed by atoms with Crippen molar-refractivity contribution in [2.45, 2.75) is 6.92 Å². The highest BCUT2D eigenvalue weighted by atomic mass is 79.9. The van der Waals surface area contributed by atoms with E-state index in [0.29, 0.717) is 16.3 Å². The van der Waals surface area contributed by atoms with Crippen LogP contribution in [0.25, 0.3) is 6.08 Å². The molecule has 126 valence electrons. The van der Waals surface area contributed by atoms with Crippen LogP contribution in [0.15, 0.2) is 52.5 Å². The van der Waals surface area contributed by atoms with Gasteiger partial charge in [0.2, 0.25) is 0 Å². The van der Waals surface area contributed by atoms with Crippen LogP contribution in [0.5, 0.6) is 0 Å². The molecule has 3 rings (SSSR count). The summed E-state index contributed by atoms with van der Waals surface area (Å²) in [5.41, 5.74) is 1.59. The van der Waals surface area contributed by atoms with Gasteiger partial charge in [0.05, 0.1) is 5.69 Å². The van der Waals surface area contributed by atoms with Gasteiger partial charge in [-0.1, -0.05) is 45.7 Å². The summed E-state index contributed by atoms with van der Waals surface area (Å²) >= 11 is 9.46. The topological polar surface area (TPSA) is 66.5 Å². The quantitative estimate of drug-likeness (QED) is 0.589. The third kappa shape index (κ3) is 3.36. The molecule has 0 unspecified atom stereocenters. The lowest BCUT2D eigenvalue weighted by Gasteiger charge is -2.26. The first kappa shape index (κ1) is 17.4. The Kier molecular flexibility index (Phi) is 4.74. The van der Waals surface area contributed by atoms with Gasteiger partial charge in [0.25, 0.3) is 11.8 Å². The number of imide groups is 2. The van der Waals surface area contributed by atoms with E-state index in [0.717, 1.165) is 14.9 Å². The Labute approximate surface area is 157 Å². The summed E-state index contributed by atoms with van der Waals surface area (Å²) in [6, 6.07) is 11.1. The van der Waals surface area contributed by atoms with Crippen molar-refractivity contribution in [3.05, 3.63) is 68.7 Å². The van der Waals surface area contributed by atoms with Gasteiger partial charge in [-0.15, -0.1) is 0 Å². The zero-order valence-corrected chi connectivity index (χ0v) is 15.4. The summed E-state index contributed by atoms with van der Waals surface area (Å²) in [5.74, 6) is -1.45. The average molecular weight is 420 g/mol. The van der Waals surface area contributed by atoms with Gasteiger partial charge in [-0.2, -0.15) is 0 Å². The molecule has 0 aliphatic carbocycles. The fourth-order valence-corrected chi connectivity index (χ4v) is 2.84. The summed E-state index contributed by atoms with van der Waals surface area (Å²) in [6.45, 7) is 1.84. The molecule has 1 aliphatic rings. The molecule has 2 aromatic rings. The van der Waals surface area contributed by atoms with E-state index in [4.69, 9.17) is 11.6 Å². The number of carbonyl (C=O) groups is 3. The van der Waals surface area contributed by atoms with Crippen LogP contribution in [0.2, 0.25) is 5.02 Å². The Morgan fingerprint density at radius 3 is 2.52 bits per heavy atom. The molecule has 1 N–H and O–H groups in total. The molecule has 0 aromatic heterocycles. The van der Waals surface area contributed by atoms with E-state index in [-0.39, 0.29) is 5.57 Å². The summed E-state index contributed by atoms with van der Waals surface area (Å²) < 4.78 is 0.851. The Morgan fingerprint density at radius 1 is 1.12 bits per heavy atom. The largest absolute Gasteiger partial charge is 0.335 e. The van der Waals surface area contributed by atoms with E-state index in [1.165, 1.54) is 6.08 Å². The molecular formula is C18H12BrClN2O3. The number of nitrogens with one attached hydrogen (secondary N) is 1. The Hall–Kier alpha value is -2.44. The zero-order valence-electron chi connectivity index (χ0n) is 13.0. The molecular weight excluding hydrogens is 408 g/mol. The molecule has 7 heteroatoms. The molecule has 1 aliphatic heterocycles. The summed E-state index contributed by atoms with van der Waals surface area (Å²) in [7, 11) is 0. The fourth-order valence-electron chi connectivity index (χ4n) is 2.41. The first-order chi connectivity index (χ1) is 11.9. The van der Waals surface area contributed by atoms with Crippen molar-refractivity contribution >= 4 is 57.1 Å². The number of halogens is 2. The standard InChI is InChI=1S/C18H12BrClN2O3/c1-10-8-12(6-7-14(10)19)22-17(24)13(16(23)21-18(22)25)9-11-4-2-3-5-15(11)20/h2-9H,1H3,(H,21,23,25)/b13-9-. The number of nitrogens with zero attached hydrogens (tertiary/aromatic N) is 1. The molecule has 1 heterocycles. The smallest absolute Gasteiger partial charge is 0.273 e. The zero-order chi connectivity index (χ0) is 18.1. The highest BCUT2D eigenvalue weighted by molar-refractivity contribution is 9.10. The van der Waals surface area contributed by atoms with Crippen molar-refractivity contribution in [1.29, 1.82) is 0 Å². The maximum atomic E-state index is 12.8. The van der Waals surface area contributed by atoms with E-state index in [2.05, 4.69) is 21.2 Å². The number of anilines is 1. The van der Waals surface area contributed by atoms with Gasteiger partial charge < -0.3 is 0 Å². The predicted molar refractivity (Wildman–Crippen MR) is 99.3 cm³/mol. The Morgan fingerprint density at radius 2 is 1.84 bits per heavy atom. The van der Waals surface area contributed by atoms with Crippen LogP contribution < -0.4 is 10.2 Å². The van der Waals surface area contributed by atoms with Crippen LogP contribution >= 0.6 is 27.5 Å². The van der Waals surface area contributed by atoms with E-state index in [1.807, 2.05) is 6.92 Å². The molecule has 0 bridgehead atoms. The molecule has 2 aromatic carbocycles. The van der Waals surface area contributed by atoms with Crippen molar-refractivity contribution in [2.75, 3.05) is 4.90 Å². The highest BCUT2D eigenvalue weighted by Crippen LogP contribution is 2.27. The Balaban J connectivity index is 2.05. The monoisotopic (exact) mass is 418 g/mol. The minimum absolute atomic E-state index is 0.159. The van der Waals surface area contributed by atoms with Gasteiger partial charge in [0, 0.05) is 9.50 Å². The maximum absolute atomic E-state index is 12.8. The van der Waals surface area contributed by atoms with Gasteiger partial charge in [0.1, 0.15) is 5.57 Å². The molecule has 1 fully saturated rings. The highest BCUT2D eigenvalue weighted by Gasteiger charge is 2.37. The van der Waals surface area contributed by atoms with Crippen LogP contribution in [0, 0.1) is 6.92 Å². The second kappa shape index (κ2) is 6.82. The van der Waals surface area contributed by atoms with Crippen molar-refractivity contribution in [3.8, 4) is 0 Å². The number of urea groups is 1. The minimum atomic E-state index is -0.784. The molecule has 0 radical (unpaired) electrons. The SMILES string of the molecule is Cc1cc(N2C(=O)NC(=O)/C(=C/c3ccccc3Cl)C2=O)ccc1Br. The number of rotatable bonds is 2. The van der Waals surface area contributed by atoms with Crippen molar-refractivity contribution < 1.29 is 14.4 Å². The van der Waals surface area contributed by atoms with Crippen LogP contribution in [-0.2, 0) is 9.59 Å². The van der Waals surface area contributed by atoms with E-state index < -0.39 is 17.8 Å². The van der Waals surface area contributed by atoms with E-state index >= 15 is 0 Å². The molecule has 0 spiro atoms. The van der Waals surface area contributed by atoms with Crippen LogP contribution in [0.4, 0.5) is 10.5 Å². The number of aryl methyl sites for hydroxylation is 1. The van der Waals surface area contributed by atoms with Gasteiger partial charge in [0.15, 0.2) is 0 Å². The lowest BCUT2D eigenvalue weighted by atomic mass is 10.1. The number of hydrogen-bond acceptors (Lipinski definition) is 3. The summed E-state index contributed by atoms with van der Waals surface area (Å²) in [4.78, 5) is 38.0. The van der Waals surface area contributed by atoms with Gasteiger partial charge in [-0.25, -0.2) is 9.69 Å². The van der Waals surface area contributed by atoms with Crippen molar-refractivity contribution in [3.63, 3.8) is 0 Å². The third-order valence-corrected chi connectivity index (χ3v) is 4.94. The van der Waals surface area contributed by atoms with Gasteiger partial charge >= 0.3 is 6.03 Å². The van der Waals surface area contributed by atoms with Crippen LogP contribution in [0.3, 0.4) is 0 Å². The van der Waals surface area contributed by atoms with Crippen molar-refractivity contribution in [1.82, 2.24) is 5.32 Å². The predicted octanol–water partition coefficient (Wildman–Crippen LogP) is 4.08. The van der Waals surface area contributed by atoms with Gasteiger partial charge in [-0.3, -0.25) is 14.9 Å². The molecule has 0 atom stereocenters. The lowest BCUT2D eigenvalue weighted by Crippen LogP contribution is -2.54. The fraction of sp³-hybridized carbons (Fsp3) is 0.0556. The van der Waals surface area contributed by atoms with Crippen LogP contribution in [0.1, 0.15) is 11.1 Å². The normalized spacial score (nSPS) is 16.4. The summed E-state index contributed by atoms with van der Waals surface area (Å²) in [6.07, 6.45) is 1.38. The third-order valence-electron chi connectivity index (χ3n) is 3.71. The second-order valence-electron chi connectivity index (χ2n) is 5.41. The lowest BCUT2D eigenvalue weighted by molar-refractivity contribution is -0.122. The minimum Gasteiger partial charge on any atom is -0.273 e. The van der Waals surface area contributed by atoms with Gasteiger partial charge in [-0.05, 0) is 48.4 Å². The second-order valence-corrected chi connectivity index (χ2v) is 6.67. The van der Waals surface area contributed by atoms with Crippen LogP contribution in [-0.4, -0.2) is 17.8 Å². The number of carbonyl (C=O) groups excluding carboxylic acids is 3. The number of benzene rings is 2.